The van der Waals surface area contributed by atoms with Gasteiger partial charge in [-0.2, -0.15) is 0 Å². The van der Waals surface area contributed by atoms with Gasteiger partial charge in [0, 0.05) is 17.7 Å². The predicted octanol–water partition coefficient (Wildman–Crippen LogP) is 3.66. The minimum Gasteiger partial charge on any atom is -0.465 e. The van der Waals surface area contributed by atoms with Crippen LogP contribution in [-0.2, 0) is 9.47 Å². The Balaban J connectivity index is 1.80. The number of nitro benzene ring substituents is 1. The molecule has 0 fully saturated rings. The lowest BCUT2D eigenvalue weighted by Crippen LogP contribution is -2.12. The van der Waals surface area contributed by atoms with Crippen LogP contribution in [0.4, 0.5) is 5.69 Å². The van der Waals surface area contributed by atoms with Crippen LogP contribution in [0.5, 0.6) is 0 Å². The van der Waals surface area contributed by atoms with Gasteiger partial charge in [-0.05, 0) is 32.0 Å². The van der Waals surface area contributed by atoms with Crippen LogP contribution in [0.25, 0.3) is 11.5 Å². The molecule has 154 valence electrons. The maximum absolute atomic E-state index is 12.5. The van der Waals surface area contributed by atoms with E-state index in [4.69, 9.17) is 9.15 Å². The summed E-state index contributed by atoms with van der Waals surface area (Å²) in [5.41, 5.74) is 1.00. The highest BCUT2D eigenvalue weighted by Gasteiger charge is 2.23. The van der Waals surface area contributed by atoms with Crippen molar-refractivity contribution in [3.05, 3.63) is 75.2 Å². The van der Waals surface area contributed by atoms with E-state index in [0.29, 0.717) is 5.56 Å². The second-order valence-electron chi connectivity index (χ2n) is 6.38. The van der Waals surface area contributed by atoms with Gasteiger partial charge in [-0.15, -0.1) is 10.2 Å². The third-order valence-corrected chi connectivity index (χ3v) is 4.16. The van der Waals surface area contributed by atoms with E-state index in [1.807, 2.05) is 31.2 Å². The van der Waals surface area contributed by atoms with Crippen molar-refractivity contribution in [2.24, 2.45) is 0 Å². The van der Waals surface area contributed by atoms with Gasteiger partial charge in [0.25, 0.3) is 11.6 Å². The Morgan fingerprint density at radius 1 is 1.07 bits per heavy atom. The molecule has 0 spiro atoms. The average molecular weight is 411 g/mol. The van der Waals surface area contributed by atoms with Gasteiger partial charge in [0.1, 0.15) is 0 Å². The molecule has 1 aromatic heterocycles. The number of aromatic nitrogens is 2. The average Bonchev–Trinajstić information content (AvgIpc) is 3.23. The van der Waals surface area contributed by atoms with Crippen LogP contribution in [0.3, 0.4) is 0 Å². The number of nitrogens with zero attached hydrogens (tertiary/aromatic N) is 3. The number of esters is 2. The summed E-state index contributed by atoms with van der Waals surface area (Å²) < 4.78 is 15.4. The number of carbonyl (C=O) groups excluding carboxylic acids is 2. The highest BCUT2D eigenvalue weighted by molar-refractivity contribution is 5.96. The summed E-state index contributed by atoms with van der Waals surface area (Å²) in [5.74, 6) is -1.40. The summed E-state index contributed by atoms with van der Waals surface area (Å²) in [6, 6.07) is 10.6. The number of rotatable bonds is 6. The van der Waals surface area contributed by atoms with Gasteiger partial charge < -0.3 is 13.9 Å². The van der Waals surface area contributed by atoms with Crippen LogP contribution in [0.15, 0.2) is 46.9 Å². The molecule has 0 N–H and O–H groups in total. The first-order valence-corrected chi connectivity index (χ1v) is 8.77. The van der Waals surface area contributed by atoms with E-state index >= 15 is 0 Å². The SMILES string of the molecule is COC(=O)c1cc(C(=O)O[C@@H](C)c2nnc(-c3ccc(C)cc3)o2)cc([N+](=O)[O-])c1. The zero-order chi connectivity index (χ0) is 21.8. The standard InChI is InChI=1S/C20H17N3O7/c1-11-4-6-13(7-5-11)18-22-21-17(30-18)12(2)29-20(25)15-8-14(19(24)28-3)9-16(10-15)23(26)27/h4-10,12H,1-3H3/t12-/m0/s1. The van der Waals surface area contributed by atoms with Gasteiger partial charge in [-0.3, -0.25) is 10.1 Å². The zero-order valence-electron chi connectivity index (χ0n) is 16.3. The number of nitro groups is 1. The number of hydrogen-bond donors (Lipinski definition) is 0. The normalized spacial score (nSPS) is 11.6. The van der Waals surface area contributed by atoms with Crippen molar-refractivity contribution < 1.29 is 28.4 Å². The van der Waals surface area contributed by atoms with Crippen LogP contribution in [0.1, 0.15) is 45.2 Å². The lowest BCUT2D eigenvalue weighted by molar-refractivity contribution is -0.384. The topological polar surface area (TPSA) is 135 Å². The maximum Gasteiger partial charge on any atom is 0.339 e. The number of ether oxygens (including phenoxy) is 2. The fourth-order valence-electron chi connectivity index (χ4n) is 2.56. The first-order chi connectivity index (χ1) is 14.3. The van der Waals surface area contributed by atoms with E-state index in [9.17, 15) is 19.7 Å². The Hall–Kier alpha value is -4.08. The van der Waals surface area contributed by atoms with Crippen molar-refractivity contribution in [1.82, 2.24) is 10.2 Å². The predicted molar refractivity (Wildman–Crippen MR) is 103 cm³/mol. The molecule has 3 aromatic rings. The number of benzene rings is 2. The summed E-state index contributed by atoms with van der Waals surface area (Å²) in [5, 5.41) is 18.9. The van der Waals surface area contributed by atoms with E-state index in [2.05, 4.69) is 14.9 Å². The summed E-state index contributed by atoms with van der Waals surface area (Å²) in [7, 11) is 1.13. The molecule has 10 heteroatoms. The number of aryl methyl sites for hydroxylation is 1. The van der Waals surface area contributed by atoms with Gasteiger partial charge in [-0.25, -0.2) is 9.59 Å². The molecule has 0 saturated heterocycles. The van der Waals surface area contributed by atoms with Crippen molar-refractivity contribution in [2.45, 2.75) is 20.0 Å². The van der Waals surface area contributed by atoms with E-state index in [1.54, 1.807) is 0 Å². The molecule has 0 aliphatic heterocycles. The molecular weight excluding hydrogens is 394 g/mol. The van der Waals surface area contributed by atoms with Gasteiger partial charge >= 0.3 is 11.9 Å². The van der Waals surface area contributed by atoms with Crippen LogP contribution < -0.4 is 0 Å². The molecule has 0 radical (unpaired) electrons. The van der Waals surface area contributed by atoms with Crippen LogP contribution in [0.2, 0.25) is 0 Å². The molecule has 2 aromatic carbocycles. The van der Waals surface area contributed by atoms with Crippen molar-refractivity contribution in [3.63, 3.8) is 0 Å². The fourth-order valence-corrected chi connectivity index (χ4v) is 2.56. The monoisotopic (exact) mass is 411 g/mol. The van der Waals surface area contributed by atoms with E-state index < -0.39 is 28.7 Å². The van der Waals surface area contributed by atoms with Gasteiger partial charge in [0.05, 0.1) is 23.2 Å². The molecule has 30 heavy (non-hydrogen) atoms. The Kier molecular flexibility index (Phi) is 5.86. The van der Waals surface area contributed by atoms with Crippen molar-refractivity contribution in [1.29, 1.82) is 0 Å². The molecular formula is C20H17N3O7. The third kappa shape index (κ3) is 4.49. The molecule has 0 bridgehead atoms. The lowest BCUT2D eigenvalue weighted by atomic mass is 10.1. The minimum atomic E-state index is -0.926. The molecule has 10 nitrogen and oxygen atoms in total. The van der Waals surface area contributed by atoms with Crippen LogP contribution in [0, 0.1) is 17.0 Å². The van der Waals surface area contributed by atoms with Gasteiger partial charge in [0.15, 0.2) is 6.10 Å². The molecule has 1 heterocycles. The van der Waals surface area contributed by atoms with E-state index in [-0.39, 0.29) is 22.9 Å². The smallest absolute Gasteiger partial charge is 0.339 e. The first kappa shape index (κ1) is 20.6. The number of carbonyl (C=O) groups is 2. The molecule has 0 amide bonds. The van der Waals surface area contributed by atoms with Crippen molar-refractivity contribution in [3.8, 4) is 11.5 Å². The van der Waals surface area contributed by atoms with Gasteiger partial charge in [0.2, 0.25) is 5.89 Å². The quantitative estimate of drug-likeness (QED) is 0.338. The second-order valence-corrected chi connectivity index (χ2v) is 6.38. The van der Waals surface area contributed by atoms with Crippen LogP contribution >= 0.6 is 0 Å². The Bertz CT molecular complexity index is 1110. The van der Waals surface area contributed by atoms with E-state index in [1.165, 1.54) is 6.92 Å². The summed E-state index contributed by atoms with van der Waals surface area (Å²) in [6.07, 6.45) is -0.926. The highest BCUT2D eigenvalue weighted by atomic mass is 16.6. The Labute approximate surface area is 170 Å². The minimum absolute atomic E-state index is 0.0533. The molecule has 0 unspecified atom stereocenters. The summed E-state index contributed by atoms with van der Waals surface area (Å²) in [6.45, 7) is 3.47. The van der Waals surface area contributed by atoms with Crippen LogP contribution in [-0.4, -0.2) is 34.2 Å². The fraction of sp³-hybridized carbons (Fsp3) is 0.200. The van der Waals surface area contributed by atoms with Crippen molar-refractivity contribution >= 4 is 17.6 Å². The first-order valence-electron chi connectivity index (χ1n) is 8.77. The third-order valence-electron chi connectivity index (χ3n) is 4.16. The molecule has 1 atom stereocenters. The van der Waals surface area contributed by atoms with E-state index in [0.717, 1.165) is 30.9 Å². The molecule has 3 rings (SSSR count). The second kappa shape index (κ2) is 8.52. The Morgan fingerprint density at radius 3 is 2.30 bits per heavy atom. The molecule has 0 aliphatic rings. The highest BCUT2D eigenvalue weighted by Crippen LogP contribution is 2.25. The molecule has 0 aliphatic carbocycles. The zero-order valence-corrected chi connectivity index (χ0v) is 16.3. The van der Waals surface area contributed by atoms with Gasteiger partial charge in [-0.1, -0.05) is 17.7 Å². The number of methoxy groups -OCH3 is 1. The number of non-ortho nitro benzene ring substituents is 1. The van der Waals surface area contributed by atoms with Crippen molar-refractivity contribution in [2.75, 3.05) is 7.11 Å². The maximum atomic E-state index is 12.5. The summed E-state index contributed by atoms with van der Waals surface area (Å²) >= 11 is 0. The molecule has 0 saturated carbocycles. The largest absolute Gasteiger partial charge is 0.465 e. The Morgan fingerprint density at radius 2 is 1.70 bits per heavy atom. The lowest BCUT2D eigenvalue weighted by Gasteiger charge is -2.10. The summed E-state index contributed by atoms with van der Waals surface area (Å²) in [4.78, 5) is 34.6. The number of hydrogen-bond acceptors (Lipinski definition) is 9.